The van der Waals surface area contributed by atoms with Crippen LogP contribution < -0.4 is 5.32 Å². The number of nitrogens with one attached hydrogen (secondary N) is 2. The van der Waals surface area contributed by atoms with Crippen molar-refractivity contribution in [2.24, 2.45) is 0 Å². The Morgan fingerprint density at radius 3 is 2.80 bits per heavy atom. The molecule has 3 rings (SSSR count). The molecule has 2 amide bonds. The Balaban J connectivity index is 1.74. The van der Waals surface area contributed by atoms with E-state index in [1.807, 2.05) is 11.1 Å². The number of hydrogen-bond donors (Lipinski definition) is 2. The molecule has 0 radical (unpaired) electrons. The van der Waals surface area contributed by atoms with Gasteiger partial charge in [-0.1, -0.05) is 29.8 Å². The third-order valence-electron chi connectivity index (χ3n) is 4.70. The molecule has 1 atom stereocenters. The molecule has 1 fully saturated rings. The Kier molecular flexibility index (Phi) is 5.16. The number of rotatable bonds is 4. The van der Waals surface area contributed by atoms with Crippen LogP contribution in [-0.2, 0) is 9.59 Å². The van der Waals surface area contributed by atoms with Gasteiger partial charge in [-0.2, -0.15) is 5.10 Å². The van der Waals surface area contributed by atoms with E-state index < -0.39 is 0 Å². The van der Waals surface area contributed by atoms with Crippen molar-refractivity contribution in [3.8, 4) is 11.1 Å². The molecular weight excluding hydrogens is 316 g/mol. The molecule has 2 heterocycles. The van der Waals surface area contributed by atoms with Crippen molar-refractivity contribution >= 4 is 11.8 Å². The molecule has 6 nitrogen and oxygen atoms in total. The minimum Gasteiger partial charge on any atom is -0.347 e. The molecular formula is C19H24N4O2. The van der Waals surface area contributed by atoms with Crippen molar-refractivity contribution in [2.45, 2.75) is 32.6 Å². The summed E-state index contributed by atoms with van der Waals surface area (Å²) in [4.78, 5) is 25.1. The topological polar surface area (TPSA) is 78.1 Å². The number of aromatic amines is 1. The average Bonchev–Trinajstić information content (AvgIpc) is 3.10. The molecule has 1 aromatic heterocycles. The predicted octanol–water partition coefficient (Wildman–Crippen LogP) is 2.23. The summed E-state index contributed by atoms with van der Waals surface area (Å²) in [5, 5.41) is 9.97. The first-order chi connectivity index (χ1) is 12.0. The highest BCUT2D eigenvalue weighted by atomic mass is 16.2. The SMILES string of the molecule is CC(=O)NCC(=O)N1CCC[C@H](c2[nH]ncc2-c2ccc(C)cc2)C1. The first kappa shape index (κ1) is 17.2. The molecule has 0 bridgehead atoms. The van der Waals surface area contributed by atoms with E-state index >= 15 is 0 Å². The van der Waals surface area contributed by atoms with Crippen molar-refractivity contribution < 1.29 is 9.59 Å². The van der Waals surface area contributed by atoms with Crippen LogP contribution in [0.15, 0.2) is 30.5 Å². The maximum atomic E-state index is 12.3. The van der Waals surface area contributed by atoms with E-state index in [2.05, 4.69) is 46.7 Å². The van der Waals surface area contributed by atoms with Crippen LogP contribution >= 0.6 is 0 Å². The highest BCUT2D eigenvalue weighted by molar-refractivity contribution is 5.83. The lowest BCUT2D eigenvalue weighted by Gasteiger charge is -2.32. The summed E-state index contributed by atoms with van der Waals surface area (Å²) in [7, 11) is 0. The molecule has 1 aliphatic heterocycles. The molecule has 1 aliphatic rings. The maximum Gasteiger partial charge on any atom is 0.241 e. The maximum absolute atomic E-state index is 12.3. The minimum atomic E-state index is -0.183. The van der Waals surface area contributed by atoms with Crippen LogP contribution in [0.4, 0.5) is 0 Å². The predicted molar refractivity (Wildman–Crippen MR) is 96.0 cm³/mol. The number of carbonyl (C=O) groups is 2. The fourth-order valence-corrected chi connectivity index (χ4v) is 3.32. The Labute approximate surface area is 147 Å². The van der Waals surface area contributed by atoms with E-state index in [4.69, 9.17) is 0 Å². The van der Waals surface area contributed by atoms with Gasteiger partial charge in [0.15, 0.2) is 0 Å². The van der Waals surface area contributed by atoms with E-state index in [9.17, 15) is 9.59 Å². The summed E-state index contributed by atoms with van der Waals surface area (Å²) in [5.74, 6) is 0.0160. The number of nitrogens with zero attached hydrogens (tertiary/aromatic N) is 2. The largest absolute Gasteiger partial charge is 0.347 e. The lowest BCUT2D eigenvalue weighted by atomic mass is 9.90. The second-order valence-corrected chi connectivity index (χ2v) is 6.65. The van der Waals surface area contributed by atoms with Gasteiger partial charge in [-0.3, -0.25) is 14.7 Å². The fourth-order valence-electron chi connectivity index (χ4n) is 3.32. The number of aromatic nitrogens is 2. The number of aryl methyl sites for hydroxylation is 1. The van der Waals surface area contributed by atoms with E-state index in [1.165, 1.54) is 12.5 Å². The first-order valence-electron chi connectivity index (χ1n) is 8.67. The number of carbonyl (C=O) groups excluding carboxylic acids is 2. The van der Waals surface area contributed by atoms with Crippen LogP contribution in [0, 0.1) is 6.92 Å². The lowest BCUT2D eigenvalue weighted by molar-refractivity contribution is -0.133. The number of benzene rings is 1. The van der Waals surface area contributed by atoms with Crippen LogP contribution in [0.25, 0.3) is 11.1 Å². The number of piperidine rings is 1. The summed E-state index contributed by atoms with van der Waals surface area (Å²) in [5.41, 5.74) is 4.54. The minimum absolute atomic E-state index is 0.0312. The van der Waals surface area contributed by atoms with Gasteiger partial charge in [0.25, 0.3) is 0 Å². The Bertz CT molecular complexity index is 751. The van der Waals surface area contributed by atoms with Crippen LogP contribution in [-0.4, -0.2) is 46.5 Å². The second-order valence-electron chi connectivity index (χ2n) is 6.65. The number of amides is 2. The van der Waals surface area contributed by atoms with Crippen LogP contribution in [0.2, 0.25) is 0 Å². The summed E-state index contributed by atoms with van der Waals surface area (Å²) < 4.78 is 0. The van der Waals surface area contributed by atoms with Gasteiger partial charge in [0.05, 0.1) is 12.7 Å². The Hall–Kier alpha value is -2.63. The molecule has 1 aromatic carbocycles. The molecule has 132 valence electrons. The zero-order valence-electron chi connectivity index (χ0n) is 14.7. The summed E-state index contributed by atoms with van der Waals surface area (Å²) in [6, 6.07) is 8.39. The van der Waals surface area contributed by atoms with Crippen molar-refractivity contribution in [1.29, 1.82) is 0 Å². The van der Waals surface area contributed by atoms with Crippen molar-refractivity contribution in [3.63, 3.8) is 0 Å². The smallest absolute Gasteiger partial charge is 0.241 e. The van der Waals surface area contributed by atoms with Crippen LogP contribution in [0.1, 0.15) is 36.9 Å². The number of likely N-dealkylation sites (tertiary alicyclic amines) is 1. The van der Waals surface area contributed by atoms with Gasteiger partial charge in [-0.05, 0) is 25.3 Å². The van der Waals surface area contributed by atoms with Gasteiger partial charge in [0, 0.05) is 37.2 Å². The number of hydrogen-bond acceptors (Lipinski definition) is 3. The quantitative estimate of drug-likeness (QED) is 0.896. The molecule has 0 saturated carbocycles. The van der Waals surface area contributed by atoms with E-state index in [1.54, 1.807) is 0 Å². The monoisotopic (exact) mass is 340 g/mol. The zero-order valence-corrected chi connectivity index (χ0v) is 14.7. The molecule has 1 saturated heterocycles. The zero-order chi connectivity index (χ0) is 17.8. The van der Waals surface area contributed by atoms with Crippen LogP contribution in [0.3, 0.4) is 0 Å². The molecule has 6 heteroatoms. The van der Waals surface area contributed by atoms with Gasteiger partial charge < -0.3 is 10.2 Å². The highest BCUT2D eigenvalue weighted by Crippen LogP contribution is 2.33. The first-order valence-corrected chi connectivity index (χ1v) is 8.67. The molecule has 0 unspecified atom stereocenters. The van der Waals surface area contributed by atoms with Gasteiger partial charge in [0.1, 0.15) is 0 Å². The van der Waals surface area contributed by atoms with E-state index in [0.29, 0.717) is 6.54 Å². The molecule has 25 heavy (non-hydrogen) atoms. The van der Waals surface area contributed by atoms with Crippen LogP contribution in [0.5, 0.6) is 0 Å². The molecule has 2 aromatic rings. The second kappa shape index (κ2) is 7.51. The van der Waals surface area contributed by atoms with Gasteiger partial charge in [0.2, 0.25) is 11.8 Å². The van der Waals surface area contributed by atoms with Gasteiger partial charge in [-0.15, -0.1) is 0 Å². The summed E-state index contributed by atoms with van der Waals surface area (Å²) in [6.45, 7) is 4.95. The van der Waals surface area contributed by atoms with Gasteiger partial charge in [-0.25, -0.2) is 0 Å². The van der Waals surface area contributed by atoms with E-state index in [0.717, 1.165) is 36.2 Å². The molecule has 0 aliphatic carbocycles. The summed E-state index contributed by atoms with van der Waals surface area (Å²) in [6.07, 6.45) is 3.83. The van der Waals surface area contributed by atoms with Crippen molar-refractivity contribution in [1.82, 2.24) is 20.4 Å². The van der Waals surface area contributed by atoms with E-state index in [-0.39, 0.29) is 24.3 Å². The number of H-pyrrole nitrogens is 1. The lowest BCUT2D eigenvalue weighted by Crippen LogP contribution is -2.44. The molecule has 2 N–H and O–H groups in total. The fraction of sp³-hybridized carbons (Fsp3) is 0.421. The molecule has 0 spiro atoms. The van der Waals surface area contributed by atoms with Crippen molar-refractivity contribution in [2.75, 3.05) is 19.6 Å². The summed E-state index contributed by atoms with van der Waals surface area (Å²) >= 11 is 0. The normalized spacial score (nSPS) is 17.4. The standard InChI is InChI=1S/C19H24N4O2/c1-13-5-7-15(8-6-13)17-10-21-22-19(17)16-4-3-9-23(12-16)18(25)11-20-14(2)24/h5-8,10,16H,3-4,9,11-12H2,1-2H3,(H,20,24)(H,21,22)/t16-/m0/s1. The Morgan fingerprint density at radius 2 is 2.08 bits per heavy atom. The average molecular weight is 340 g/mol. The third-order valence-corrected chi connectivity index (χ3v) is 4.70. The Morgan fingerprint density at radius 1 is 1.32 bits per heavy atom. The van der Waals surface area contributed by atoms with Crippen molar-refractivity contribution in [3.05, 3.63) is 41.7 Å². The third kappa shape index (κ3) is 4.07. The highest BCUT2D eigenvalue weighted by Gasteiger charge is 2.27. The van der Waals surface area contributed by atoms with Gasteiger partial charge >= 0.3 is 0 Å².